The number of benzene rings is 2. The maximum Gasteiger partial charge on any atom is 0.259 e. The molecule has 2 aliphatic heterocycles. The highest BCUT2D eigenvalue weighted by atomic mass is 127. The zero-order valence-corrected chi connectivity index (χ0v) is 21.2. The second-order valence-electron chi connectivity index (χ2n) is 8.15. The van der Waals surface area contributed by atoms with E-state index in [1.54, 1.807) is 37.4 Å². The lowest BCUT2D eigenvalue weighted by atomic mass is 10.1. The summed E-state index contributed by atoms with van der Waals surface area (Å²) in [5.41, 5.74) is 1.85. The van der Waals surface area contributed by atoms with E-state index in [2.05, 4.69) is 37.7 Å². The van der Waals surface area contributed by atoms with E-state index in [4.69, 9.17) is 18.9 Å². The minimum absolute atomic E-state index is 0.142. The number of hydrogen-bond donors (Lipinski definition) is 0. The third-order valence-electron chi connectivity index (χ3n) is 6.19. The number of rotatable bonds is 7. The van der Waals surface area contributed by atoms with Crippen LogP contribution in [-0.2, 0) is 0 Å². The molecule has 10 heteroatoms. The Morgan fingerprint density at radius 2 is 1.79 bits per heavy atom. The van der Waals surface area contributed by atoms with Crippen molar-refractivity contribution < 1.29 is 23.7 Å². The summed E-state index contributed by atoms with van der Waals surface area (Å²) in [5, 5.41) is 9.25. The molecule has 1 fully saturated rings. The molecule has 1 saturated heterocycles. The average Bonchev–Trinajstić information content (AvgIpc) is 3.54. The van der Waals surface area contributed by atoms with Crippen LogP contribution >= 0.6 is 22.6 Å². The Labute approximate surface area is 211 Å². The molecule has 2 aromatic carbocycles. The summed E-state index contributed by atoms with van der Waals surface area (Å²) < 4.78 is 22.7. The Morgan fingerprint density at radius 3 is 2.53 bits per heavy atom. The van der Waals surface area contributed by atoms with Crippen molar-refractivity contribution in [3.8, 4) is 23.0 Å². The average molecular weight is 576 g/mol. The number of aromatic nitrogens is 2. The van der Waals surface area contributed by atoms with Crippen LogP contribution in [0, 0.1) is 3.57 Å². The van der Waals surface area contributed by atoms with E-state index in [-0.39, 0.29) is 12.7 Å². The largest absolute Gasteiger partial charge is 0.493 e. The van der Waals surface area contributed by atoms with Gasteiger partial charge in [0.1, 0.15) is 0 Å². The molecule has 0 spiro atoms. The van der Waals surface area contributed by atoms with Gasteiger partial charge in [-0.05, 0) is 66.7 Å². The molecule has 1 amide bonds. The van der Waals surface area contributed by atoms with Gasteiger partial charge in [-0.25, -0.2) is 0 Å². The minimum atomic E-state index is -0.142. The lowest BCUT2D eigenvalue weighted by molar-refractivity contribution is 0.0983. The fourth-order valence-corrected chi connectivity index (χ4v) is 5.06. The van der Waals surface area contributed by atoms with Crippen LogP contribution in [0.1, 0.15) is 23.2 Å². The number of ether oxygens (including phenoxy) is 4. The van der Waals surface area contributed by atoms with Crippen molar-refractivity contribution in [2.45, 2.75) is 12.8 Å². The van der Waals surface area contributed by atoms with Gasteiger partial charge in [-0.15, -0.1) is 0 Å². The summed E-state index contributed by atoms with van der Waals surface area (Å²) in [4.78, 5) is 18.2. The molecule has 0 N–H and O–H groups in total. The van der Waals surface area contributed by atoms with Crippen LogP contribution in [0.15, 0.2) is 30.5 Å². The summed E-state index contributed by atoms with van der Waals surface area (Å²) in [6.45, 7) is 3.53. The number of nitrogens with zero attached hydrogens (tertiary/aromatic N) is 4. The van der Waals surface area contributed by atoms with Crippen molar-refractivity contribution in [2.75, 3.05) is 52.1 Å². The summed E-state index contributed by atoms with van der Waals surface area (Å²) in [6.07, 6.45) is 4.01. The van der Waals surface area contributed by atoms with Crippen LogP contribution in [0.4, 0.5) is 5.69 Å². The molecule has 2 aliphatic rings. The molecule has 0 saturated carbocycles. The van der Waals surface area contributed by atoms with Crippen LogP contribution in [0.5, 0.6) is 23.0 Å². The number of methoxy groups -OCH3 is 2. The highest BCUT2D eigenvalue weighted by molar-refractivity contribution is 14.1. The molecule has 0 unspecified atom stereocenters. The maximum absolute atomic E-state index is 14.0. The van der Waals surface area contributed by atoms with Gasteiger partial charge >= 0.3 is 0 Å². The third kappa shape index (κ3) is 4.31. The van der Waals surface area contributed by atoms with Gasteiger partial charge in [0.15, 0.2) is 23.0 Å². The third-order valence-corrected chi connectivity index (χ3v) is 7.08. The maximum atomic E-state index is 14.0. The normalized spacial score (nSPS) is 15.0. The number of amides is 1. The van der Waals surface area contributed by atoms with Crippen molar-refractivity contribution >= 4 is 45.1 Å². The van der Waals surface area contributed by atoms with Crippen molar-refractivity contribution in [2.24, 2.45) is 0 Å². The molecule has 0 radical (unpaired) electrons. The number of likely N-dealkylation sites (tertiary alicyclic amines) is 1. The van der Waals surface area contributed by atoms with Gasteiger partial charge < -0.3 is 28.7 Å². The molecule has 1 aromatic heterocycles. The van der Waals surface area contributed by atoms with Crippen molar-refractivity contribution in [1.82, 2.24) is 15.1 Å². The first kappa shape index (κ1) is 22.9. The van der Waals surface area contributed by atoms with Crippen LogP contribution in [-0.4, -0.2) is 68.2 Å². The Hall–Kier alpha value is -2.86. The summed E-state index contributed by atoms with van der Waals surface area (Å²) in [7, 11) is 3.14. The summed E-state index contributed by atoms with van der Waals surface area (Å²) in [5.74, 6) is 2.21. The van der Waals surface area contributed by atoms with Gasteiger partial charge in [-0.1, -0.05) is 0 Å². The fourth-order valence-electron chi connectivity index (χ4n) is 4.39. The van der Waals surface area contributed by atoms with E-state index in [0.29, 0.717) is 46.3 Å². The predicted molar refractivity (Wildman–Crippen MR) is 135 cm³/mol. The number of carbonyl (C=O) groups excluding carboxylic acids is 1. The smallest absolute Gasteiger partial charge is 0.259 e. The summed E-state index contributed by atoms with van der Waals surface area (Å²) in [6, 6.07) is 7.22. The topological polar surface area (TPSA) is 86.3 Å². The van der Waals surface area contributed by atoms with Crippen LogP contribution in [0.2, 0.25) is 0 Å². The van der Waals surface area contributed by atoms with E-state index < -0.39 is 0 Å². The molecular formula is C24H25IN4O5. The molecule has 0 aliphatic carbocycles. The van der Waals surface area contributed by atoms with Crippen LogP contribution < -0.4 is 23.8 Å². The Balaban J connectivity index is 1.58. The fraction of sp³-hybridized carbons (Fsp3) is 0.375. The molecule has 178 valence electrons. The lowest BCUT2D eigenvalue weighted by Crippen LogP contribution is -2.38. The van der Waals surface area contributed by atoms with Gasteiger partial charge in [0.25, 0.3) is 5.91 Å². The Kier molecular flexibility index (Phi) is 6.59. The monoisotopic (exact) mass is 576 g/mol. The molecular weight excluding hydrogens is 551 g/mol. The zero-order valence-electron chi connectivity index (χ0n) is 19.0. The van der Waals surface area contributed by atoms with E-state index in [0.717, 1.165) is 28.6 Å². The van der Waals surface area contributed by atoms with Crippen LogP contribution in [0.3, 0.4) is 0 Å². The molecule has 5 rings (SSSR count). The highest BCUT2D eigenvalue weighted by Gasteiger charge is 2.27. The van der Waals surface area contributed by atoms with Gasteiger partial charge in [0.05, 0.1) is 37.2 Å². The number of anilines is 1. The lowest BCUT2D eigenvalue weighted by Gasteiger charge is -2.27. The molecule has 3 aromatic rings. The first-order valence-corrected chi connectivity index (χ1v) is 12.2. The van der Waals surface area contributed by atoms with E-state index >= 15 is 0 Å². The minimum Gasteiger partial charge on any atom is -0.493 e. The van der Waals surface area contributed by atoms with Gasteiger partial charge in [-0.3, -0.25) is 4.79 Å². The van der Waals surface area contributed by atoms with Crippen molar-refractivity contribution in [3.63, 3.8) is 0 Å². The van der Waals surface area contributed by atoms with E-state index in [1.165, 1.54) is 12.8 Å². The summed E-state index contributed by atoms with van der Waals surface area (Å²) >= 11 is 2.16. The van der Waals surface area contributed by atoms with Gasteiger partial charge in [0, 0.05) is 28.1 Å². The standard InChI is InChI=1S/C24H25IN4O5/c1-31-20-9-15(17(25)11-21(20)32-2)24(30)29(8-7-28-5-3-4-6-28)19-13-26-27-18-12-23-22(10-16(18)19)33-14-34-23/h9-13H,3-8,14H2,1-2H3. The Morgan fingerprint density at radius 1 is 1.09 bits per heavy atom. The van der Waals surface area contributed by atoms with Gasteiger partial charge in [-0.2, -0.15) is 10.2 Å². The highest BCUT2D eigenvalue weighted by Crippen LogP contribution is 2.39. The first-order chi connectivity index (χ1) is 16.6. The Bertz CT molecular complexity index is 1230. The number of hydrogen-bond acceptors (Lipinski definition) is 8. The van der Waals surface area contributed by atoms with E-state index in [9.17, 15) is 4.79 Å². The molecule has 3 heterocycles. The predicted octanol–water partition coefficient (Wildman–Crippen LogP) is 3.72. The second kappa shape index (κ2) is 9.79. The SMILES string of the molecule is COc1cc(I)c(C(=O)N(CCN2CCCC2)c2cnnc3cc4c(cc23)OCO4)cc1OC. The molecule has 0 bridgehead atoms. The quantitative estimate of drug-likeness (QED) is 0.394. The number of carbonyl (C=O) groups is 1. The van der Waals surface area contributed by atoms with Crippen molar-refractivity contribution in [1.29, 1.82) is 0 Å². The van der Waals surface area contributed by atoms with Gasteiger partial charge in [0.2, 0.25) is 6.79 Å². The van der Waals surface area contributed by atoms with E-state index in [1.807, 2.05) is 12.1 Å². The van der Waals surface area contributed by atoms with Crippen LogP contribution in [0.25, 0.3) is 10.9 Å². The first-order valence-electron chi connectivity index (χ1n) is 11.1. The number of halogens is 1. The zero-order chi connectivity index (χ0) is 23.7. The molecule has 34 heavy (non-hydrogen) atoms. The molecule has 9 nitrogen and oxygen atoms in total. The molecule has 0 atom stereocenters. The van der Waals surface area contributed by atoms with Crippen molar-refractivity contribution in [3.05, 3.63) is 39.6 Å². The number of fused-ring (bicyclic) bond motifs is 2. The second-order valence-corrected chi connectivity index (χ2v) is 9.31.